The van der Waals surface area contributed by atoms with E-state index in [1.807, 2.05) is 47.4 Å². The number of carbonyl (C=O) groups is 2. The van der Waals surface area contributed by atoms with Gasteiger partial charge < -0.3 is 14.4 Å². The molecule has 1 saturated heterocycles. The van der Waals surface area contributed by atoms with Crippen LogP contribution in [0.4, 0.5) is 0 Å². The summed E-state index contributed by atoms with van der Waals surface area (Å²) in [6.45, 7) is 2.71. The predicted molar refractivity (Wildman–Crippen MR) is 107 cm³/mol. The average molecular weight is 381 g/mol. The smallest absolute Gasteiger partial charge is 0.316 e. The number of piperidine rings is 1. The van der Waals surface area contributed by atoms with E-state index in [2.05, 4.69) is 6.92 Å². The van der Waals surface area contributed by atoms with E-state index in [1.165, 1.54) is 0 Å². The lowest BCUT2D eigenvalue weighted by molar-refractivity contribution is -0.150. The number of carbonyl (C=O) groups excluding carboxylic acids is 2. The van der Waals surface area contributed by atoms with Gasteiger partial charge >= 0.3 is 5.97 Å². The number of likely N-dealkylation sites (tertiary alicyclic amines) is 1. The highest BCUT2D eigenvalue weighted by molar-refractivity contribution is 5.83. The Hall–Kier alpha value is -2.82. The van der Waals surface area contributed by atoms with Crippen LogP contribution in [0, 0.1) is 5.92 Å². The number of nitrogens with zero attached hydrogens (tertiary/aromatic N) is 1. The van der Waals surface area contributed by atoms with Gasteiger partial charge in [-0.2, -0.15) is 0 Å². The molecule has 0 spiro atoms. The number of amides is 1. The Morgan fingerprint density at radius 1 is 1.11 bits per heavy atom. The van der Waals surface area contributed by atoms with E-state index in [1.54, 1.807) is 19.2 Å². The topological polar surface area (TPSA) is 55.8 Å². The Kier molecular flexibility index (Phi) is 6.69. The van der Waals surface area contributed by atoms with Gasteiger partial charge in [0.2, 0.25) is 5.91 Å². The highest BCUT2D eigenvalue weighted by Crippen LogP contribution is 2.41. The number of methoxy groups -OCH3 is 1. The molecular weight excluding hydrogens is 354 g/mol. The molecule has 5 heteroatoms. The zero-order valence-electron chi connectivity index (χ0n) is 16.5. The Morgan fingerprint density at radius 3 is 2.54 bits per heavy atom. The molecule has 0 aromatic heterocycles. The minimum Gasteiger partial charge on any atom is -0.496 e. The van der Waals surface area contributed by atoms with E-state index in [0.29, 0.717) is 30.9 Å². The van der Waals surface area contributed by atoms with Crippen molar-refractivity contribution in [2.45, 2.75) is 38.6 Å². The molecule has 2 atom stereocenters. The van der Waals surface area contributed by atoms with E-state index in [9.17, 15) is 9.59 Å². The summed E-state index contributed by atoms with van der Waals surface area (Å²) in [6.07, 6.45) is 2.68. The van der Waals surface area contributed by atoms with Crippen LogP contribution in [-0.4, -0.2) is 30.4 Å². The normalized spacial score (nSPS) is 19.4. The van der Waals surface area contributed by atoms with Crippen molar-refractivity contribution in [3.63, 3.8) is 0 Å². The summed E-state index contributed by atoms with van der Waals surface area (Å²) in [4.78, 5) is 27.7. The standard InChI is InChI=1S/C23H27NO4/c1-3-4-16-24-21(25)15-14-19(23(26)28-17-10-6-5-7-11-17)22(24)18-12-8-9-13-20(18)27-2/h5-13,19,22H,3-4,14-16H2,1-2H3/t19-,22+/m0/s1. The molecule has 1 aliphatic rings. The number of unbranched alkanes of at least 4 members (excludes halogenated alkanes) is 1. The first kappa shape index (κ1) is 19.9. The van der Waals surface area contributed by atoms with Crippen molar-refractivity contribution in [3.8, 4) is 11.5 Å². The third kappa shape index (κ3) is 4.35. The zero-order chi connectivity index (χ0) is 19.9. The molecule has 0 bridgehead atoms. The number of hydrogen-bond acceptors (Lipinski definition) is 4. The summed E-state index contributed by atoms with van der Waals surface area (Å²) in [5.74, 6) is 0.528. The quantitative estimate of drug-likeness (QED) is 0.528. The molecule has 3 rings (SSSR count). The Labute approximate surface area is 166 Å². The molecule has 0 radical (unpaired) electrons. The van der Waals surface area contributed by atoms with Crippen LogP contribution >= 0.6 is 0 Å². The highest BCUT2D eigenvalue weighted by Gasteiger charge is 2.42. The lowest BCUT2D eigenvalue weighted by Crippen LogP contribution is -2.46. The molecule has 5 nitrogen and oxygen atoms in total. The minimum atomic E-state index is -0.439. The second-order valence-corrected chi connectivity index (χ2v) is 7.01. The maximum absolute atomic E-state index is 13.1. The summed E-state index contributed by atoms with van der Waals surface area (Å²) in [5.41, 5.74) is 0.851. The Bertz CT molecular complexity index is 805. The van der Waals surface area contributed by atoms with Crippen LogP contribution in [0.5, 0.6) is 11.5 Å². The second-order valence-electron chi connectivity index (χ2n) is 7.01. The molecule has 28 heavy (non-hydrogen) atoms. The highest BCUT2D eigenvalue weighted by atomic mass is 16.5. The Morgan fingerprint density at radius 2 is 1.82 bits per heavy atom. The van der Waals surface area contributed by atoms with Crippen LogP contribution < -0.4 is 9.47 Å². The van der Waals surface area contributed by atoms with Crippen molar-refractivity contribution in [1.29, 1.82) is 0 Å². The second kappa shape index (κ2) is 9.40. The van der Waals surface area contributed by atoms with Gasteiger partial charge in [-0.1, -0.05) is 49.7 Å². The summed E-state index contributed by atoms with van der Waals surface area (Å²) in [7, 11) is 1.61. The lowest BCUT2D eigenvalue weighted by Gasteiger charge is -2.40. The van der Waals surface area contributed by atoms with Crippen molar-refractivity contribution in [2.75, 3.05) is 13.7 Å². The number of para-hydroxylation sites is 2. The number of rotatable bonds is 7. The molecule has 1 amide bonds. The van der Waals surface area contributed by atoms with Crippen molar-refractivity contribution in [3.05, 3.63) is 60.2 Å². The first-order valence-corrected chi connectivity index (χ1v) is 9.84. The van der Waals surface area contributed by atoms with Crippen LogP contribution in [0.25, 0.3) is 0 Å². The van der Waals surface area contributed by atoms with Crippen LogP contribution in [0.1, 0.15) is 44.2 Å². The maximum atomic E-state index is 13.1. The molecular formula is C23H27NO4. The van der Waals surface area contributed by atoms with Crippen molar-refractivity contribution in [1.82, 2.24) is 4.90 Å². The van der Waals surface area contributed by atoms with Gasteiger partial charge in [0.15, 0.2) is 0 Å². The van der Waals surface area contributed by atoms with Crippen LogP contribution in [0.15, 0.2) is 54.6 Å². The van der Waals surface area contributed by atoms with Gasteiger partial charge in [0.05, 0.1) is 19.1 Å². The SMILES string of the molecule is CCCCN1C(=O)CC[C@H](C(=O)Oc2ccccc2)[C@H]1c1ccccc1OC. The van der Waals surface area contributed by atoms with Gasteiger partial charge in [-0.25, -0.2) is 0 Å². The number of esters is 1. The first-order chi connectivity index (χ1) is 13.7. The molecule has 0 N–H and O–H groups in total. The molecule has 0 aliphatic carbocycles. The van der Waals surface area contributed by atoms with Crippen LogP contribution in [-0.2, 0) is 9.59 Å². The van der Waals surface area contributed by atoms with E-state index in [-0.39, 0.29) is 17.9 Å². The van der Waals surface area contributed by atoms with Crippen molar-refractivity contribution < 1.29 is 19.1 Å². The molecule has 1 fully saturated rings. The molecule has 2 aromatic rings. The van der Waals surface area contributed by atoms with E-state index in [4.69, 9.17) is 9.47 Å². The molecule has 1 aliphatic heterocycles. The van der Waals surface area contributed by atoms with Crippen LogP contribution in [0.2, 0.25) is 0 Å². The van der Waals surface area contributed by atoms with E-state index in [0.717, 1.165) is 18.4 Å². The van der Waals surface area contributed by atoms with E-state index < -0.39 is 5.92 Å². The van der Waals surface area contributed by atoms with Gasteiger partial charge in [-0.05, 0) is 31.0 Å². The summed E-state index contributed by atoms with van der Waals surface area (Å²) < 4.78 is 11.2. The average Bonchev–Trinajstić information content (AvgIpc) is 2.73. The molecule has 1 heterocycles. The van der Waals surface area contributed by atoms with Crippen molar-refractivity contribution >= 4 is 11.9 Å². The van der Waals surface area contributed by atoms with Crippen LogP contribution in [0.3, 0.4) is 0 Å². The summed E-state index contributed by atoms with van der Waals surface area (Å²) in [5, 5.41) is 0. The fraction of sp³-hybridized carbons (Fsp3) is 0.391. The first-order valence-electron chi connectivity index (χ1n) is 9.84. The van der Waals surface area contributed by atoms with Gasteiger partial charge in [-0.3, -0.25) is 9.59 Å². The van der Waals surface area contributed by atoms with E-state index >= 15 is 0 Å². The Balaban J connectivity index is 1.96. The van der Waals surface area contributed by atoms with Gasteiger partial charge in [0, 0.05) is 18.5 Å². The third-order valence-corrected chi connectivity index (χ3v) is 5.18. The lowest BCUT2D eigenvalue weighted by atomic mass is 9.83. The number of ether oxygens (including phenoxy) is 2. The predicted octanol–water partition coefficient (Wildman–Crippen LogP) is 4.38. The van der Waals surface area contributed by atoms with Gasteiger partial charge in [0.25, 0.3) is 0 Å². The summed E-state index contributed by atoms with van der Waals surface area (Å²) >= 11 is 0. The molecule has 0 saturated carbocycles. The van der Waals surface area contributed by atoms with Gasteiger partial charge in [0.1, 0.15) is 11.5 Å². The number of benzene rings is 2. The zero-order valence-corrected chi connectivity index (χ0v) is 16.5. The fourth-order valence-electron chi connectivity index (χ4n) is 3.77. The number of hydrogen-bond donors (Lipinski definition) is 0. The molecule has 2 aromatic carbocycles. The minimum absolute atomic E-state index is 0.0770. The summed E-state index contributed by atoms with van der Waals surface area (Å²) in [6, 6.07) is 16.3. The monoisotopic (exact) mass is 381 g/mol. The largest absolute Gasteiger partial charge is 0.496 e. The third-order valence-electron chi connectivity index (χ3n) is 5.18. The van der Waals surface area contributed by atoms with Gasteiger partial charge in [-0.15, -0.1) is 0 Å². The van der Waals surface area contributed by atoms with Crippen molar-refractivity contribution in [2.24, 2.45) is 5.92 Å². The maximum Gasteiger partial charge on any atom is 0.316 e. The molecule has 148 valence electrons. The fourth-order valence-corrected chi connectivity index (χ4v) is 3.77. The molecule has 0 unspecified atom stereocenters.